The van der Waals surface area contributed by atoms with Crippen molar-refractivity contribution in [3.63, 3.8) is 0 Å². The molecule has 0 aromatic heterocycles. The summed E-state index contributed by atoms with van der Waals surface area (Å²) in [5.74, 6) is 0.0526. The van der Waals surface area contributed by atoms with E-state index in [9.17, 15) is 4.79 Å². The molecule has 0 unspecified atom stereocenters. The molecule has 0 heterocycles. The van der Waals surface area contributed by atoms with Gasteiger partial charge in [0.1, 0.15) is 0 Å². The molecule has 0 saturated heterocycles. The summed E-state index contributed by atoms with van der Waals surface area (Å²) in [7, 11) is 0. The fraction of sp³-hybridized carbons (Fsp3) is 0.0833. The summed E-state index contributed by atoms with van der Waals surface area (Å²) >= 11 is 0. The van der Waals surface area contributed by atoms with E-state index >= 15 is 0 Å². The number of benzene rings is 1. The molecule has 0 radical (unpaired) electrons. The third-order valence-electron chi connectivity index (χ3n) is 1.74. The van der Waals surface area contributed by atoms with Crippen LogP contribution in [-0.2, 0) is 4.79 Å². The van der Waals surface area contributed by atoms with Crippen LogP contribution in [0.1, 0.15) is 12.0 Å². The lowest BCUT2D eigenvalue weighted by molar-refractivity contribution is -0.113. The van der Waals surface area contributed by atoms with E-state index in [1.54, 1.807) is 30.4 Å². The van der Waals surface area contributed by atoms with Crippen molar-refractivity contribution >= 4 is 17.5 Å². The van der Waals surface area contributed by atoms with Gasteiger partial charge in [-0.25, -0.2) is 0 Å². The Balaban J connectivity index is 2.64. The lowest BCUT2D eigenvalue weighted by Crippen LogP contribution is -1.88. The predicted octanol–water partition coefficient (Wildman–Crippen LogP) is 2.43. The van der Waals surface area contributed by atoms with E-state index in [1.807, 2.05) is 12.1 Å². The maximum atomic E-state index is 11.1. The molecule has 1 rings (SSSR count). The van der Waals surface area contributed by atoms with E-state index in [4.69, 9.17) is 5.73 Å². The number of nitrogen functional groups attached to an aromatic ring is 1. The van der Waals surface area contributed by atoms with Gasteiger partial charge in [-0.05, 0) is 23.8 Å². The molecule has 0 spiro atoms. The van der Waals surface area contributed by atoms with Gasteiger partial charge >= 0.3 is 0 Å². The Morgan fingerprint density at radius 2 is 2.00 bits per heavy atom. The van der Waals surface area contributed by atoms with Gasteiger partial charge in [0.15, 0.2) is 5.78 Å². The largest absolute Gasteiger partial charge is 0.399 e. The molecule has 2 N–H and O–H groups in total. The first-order valence-corrected chi connectivity index (χ1v) is 4.39. The molecule has 2 nitrogen and oxygen atoms in total. The Hall–Kier alpha value is -1.83. The van der Waals surface area contributed by atoms with Crippen molar-refractivity contribution in [3.05, 3.63) is 48.6 Å². The van der Waals surface area contributed by atoms with E-state index in [0.717, 1.165) is 11.3 Å². The van der Waals surface area contributed by atoms with Crippen LogP contribution < -0.4 is 5.73 Å². The average molecular weight is 187 g/mol. The van der Waals surface area contributed by atoms with Gasteiger partial charge in [-0.1, -0.05) is 24.3 Å². The molecule has 1 aromatic rings. The third kappa shape index (κ3) is 3.27. The number of nitrogens with two attached hydrogens (primary N) is 1. The smallest absolute Gasteiger partial charge is 0.159 e. The van der Waals surface area contributed by atoms with Gasteiger partial charge < -0.3 is 5.73 Å². The highest BCUT2D eigenvalue weighted by Crippen LogP contribution is 2.07. The summed E-state index contributed by atoms with van der Waals surface area (Å²) in [6.45, 7) is 3.50. The van der Waals surface area contributed by atoms with Gasteiger partial charge in [0.25, 0.3) is 0 Å². The number of hydrogen-bond donors (Lipinski definition) is 1. The van der Waals surface area contributed by atoms with Gasteiger partial charge in [0.05, 0.1) is 0 Å². The number of hydrogen-bond acceptors (Lipinski definition) is 2. The zero-order valence-corrected chi connectivity index (χ0v) is 7.94. The highest BCUT2D eigenvalue weighted by Gasteiger charge is 1.91. The first-order chi connectivity index (χ1) is 6.72. The Morgan fingerprint density at radius 1 is 1.36 bits per heavy atom. The molecule has 0 amide bonds. The Morgan fingerprint density at radius 3 is 2.57 bits per heavy atom. The molecular weight excluding hydrogens is 174 g/mol. The summed E-state index contributed by atoms with van der Waals surface area (Å²) in [4.78, 5) is 11.1. The predicted molar refractivity (Wildman–Crippen MR) is 59.7 cm³/mol. The van der Waals surface area contributed by atoms with E-state index in [0.29, 0.717) is 6.42 Å². The van der Waals surface area contributed by atoms with Crippen molar-refractivity contribution in [2.24, 2.45) is 0 Å². The topological polar surface area (TPSA) is 43.1 Å². The van der Waals surface area contributed by atoms with Crippen LogP contribution in [0.4, 0.5) is 5.69 Å². The van der Waals surface area contributed by atoms with Gasteiger partial charge in [-0.3, -0.25) is 4.79 Å². The maximum Gasteiger partial charge on any atom is 0.159 e. The maximum absolute atomic E-state index is 11.1. The number of rotatable bonds is 4. The first kappa shape index (κ1) is 10.3. The summed E-state index contributed by atoms with van der Waals surface area (Å²) < 4.78 is 0. The van der Waals surface area contributed by atoms with Crippen LogP contribution in [0.5, 0.6) is 0 Å². The summed E-state index contributed by atoms with van der Waals surface area (Å²) in [6.07, 6.45) is 5.29. The van der Waals surface area contributed by atoms with Crippen LogP contribution in [0, 0.1) is 0 Å². The number of allylic oxidation sites excluding steroid dienone is 2. The van der Waals surface area contributed by atoms with Crippen LogP contribution in [0.3, 0.4) is 0 Å². The number of carbonyl (C=O) groups excluding carboxylic acids is 1. The first-order valence-electron chi connectivity index (χ1n) is 4.39. The standard InChI is InChI=1S/C12H13NO/c1-2-3-12(14)9-6-10-4-7-11(13)8-5-10/h2,4-9H,1,3,13H2/b9-6+. The van der Waals surface area contributed by atoms with E-state index in [-0.39, 0.29) is 5.78 Å². The second-order valence-electron chi connectivity index (χ2n) is 2.96. The van der Waals surface area contributed by atoms with Crippen molar-refractivity contribution in [2.75, 3.05) is 5.73 Å². The fourth-order valence-electron chi connectivity index (χ4n) is 1.01. The Bertz CT molecular complexity index is 349. The van der Waals surface area contributed by atoms with E-state index in [2.05, 4.69) is 6.58 Å². The van der Waals surface area contributed by atoms with Gasteiger partial charge in [-0.15, -0.1) is 6.58 Å². The van der Waals surface area contributed by atoms with Crippen LogP contribution in [-0.4, -0.2) is 5.78 Å². The van der Waals surface area contributed by atoms with Crippen molar-refractivity contribution in [1.29, 1.82) is 0 Å². The molecule has 0 aliphatic heterocycles. The highest BCUT2D eigenvalue weighted by molar-refractivity contribution is 5.94. The van der Waals surface area contributed by atoms with E-state index in [1.165, 1.54) is 0 Å². The summed E-state index contributed by atoms with van der Waals surface area (Å²) in [5, 5.41) is 0. The minimum atomic E-state index is 0.0526. The minimum Gasteiger partial charge on any atom is -0.399 e. The molecule has 0 aliphatic carbocycles. The number of carbonyl (C=O) groups is 1. The normalized spacial score (nSPS) is 10.3. The third-order valence-corrected chi connectivity index (χ3v) is 1.74. The molecule has 1 aromatic carbocycles. The van der Waals surface area contributed by atoms with Crippen LogP contribution in [0.15, 0.2) is 43.0 Å². The van der Waals surface area contributed by atoms with E-state index < -0.39 is 0 Å². The molecule has 0 saturated carbocycles. The van der Waals surface area contributed by atoms with Gasteiger partial charge in [-0.2, -0.15) is 0 Å². The number of anilines is 1. The van der Waals surface area contributed by atoms with Gasteiger partial charge in [0, 0.05) is 12.1 Å². The molecule has 2 heteroatoms. The Labute approximate surface area is 83.7 Å². The fourth-order valence-corrected chi connectivity index (χ4v) is 1.01. The quantitative estimate of drug-likeness (QED) is 0.447. The van der Waals surface area contributed by atoms with Crippen LogP contribution >= 0.6 is 0 Å². The Kier molecular flexibility index (Phi) is 3.68. The zero-order chi connectivity index (χ0) is 10.4. The highest BCUT2D eigenvalue weighted by atomic mass is 16.1. The average Bonchev–Trinajstić information content (AvgIpc) is 2.17. The molecule has 0 fully saturated rings. The van der Waals surface area contributed by atoms with Crippen LogP contribution in [0.25, 0.3) is 6.08 Å². The number of ketones is 1. The molecular formula is C12H13NO. The van der Waals surface area contributed by atoms with Gasteiger partial charge in [0.2, 0.25) is 0 Å². The second kappa shape index (κ2) is 5.02. The molecule has 0 atom stereocenters. The molecule has 14 heavy (non-hydrogen) atoms. The molecule has 72 valence electrons. The van der Waals surface area contributed by atoms with Crippen molar-refractivity contribution in [2.45, 2.75) is 6.42 Å². The van der Waals surface area contributed by atoms with Crippen molar-refractivity contribution < 1.29 is 4.79 Å². The molecule has 0 bridgehead atoms. The van der Waals surface area contributed by atoms with Crippen molar-refractivity contribution in [1.82, 2.24) is 0 Å². The summed E-state index contributed by atoms with van der Waals surface area (Å²) in [5.41, 5.74) is 7.22. The second-order valence-corrected chi connectivity index (χ2v) is 2.96. The summed E-state index contributed by atoms with van der Waals surface area (Å²) in [6, 6.07) is 7.34. The lowest BCUT2D eigenvalue weighted by Gasteiger charge is -1.94. The zero-order valence-electron chi connectivity index (χ0n) is 7.94. The molecule has 0 aliphatic rings. The minimum absolute atomic E-state index is 0.0526. The van der Waals surface area contributed by atoms with Crippen molar-refractivity contribution in [3.8, 4) is 0 Å². The monoisotopic (exact) mass is 187 g/mol. The van der Waals surface area contributed by atoms with Crippen LogP contribution in [0.2, 0.25) is 0 Å². The SMILES string of the molecule is C=CCC(=O)/C=C/c1ccc(N)cc1. The lowest BCUT2D eigenvalue weighted by atomic mass is 10.1.